The molecule has 24 heavy (non-hydrogen) atoms. The summed E-state index contributed by atoms with van der Waals surface area (Å²) in [6, 6.07) is 11.2. The number of carbonyl (C=O) groups excluding carboxylic acids is 1. The van der Waals surface area contributed by atoms with Crippen LogP contribution in [0.5, 0.6) is 5.75 Å². The lowest BCUT2D eigenvalue weighted by Gasteiger charge is -2.39. The third kappa shape index (κ3) is 3.67. The summed E-state index contributed by atoms with van der Waals surface area (Å²) >= 11 is 0. The molecule has 0 radical (unpaired) electrons. The van der Waals surface area contributed by atoms with Crippen LogP contribution in [0.4, 0.5) is 4.79 Å². The Kier molecular flexibility index (Phi) is 4.69. The van der Waals surface area contributed by atoms with Gasteiger partial charge in [0.1, 0.15) is 5.75 Å². The summed E-state index contributed by atoms with van der Waals surface area (Å²) in [5.41, 5.74) is 1.91. The highest BCUT2D eigenvalue weighted by Gasteiger charge is 2.33. The highest BCUT2D eigenvalue weighted by atomic mass is 16.5. The molecular formula is C19H23N3O2. The normalized spacial score (nSPS) is 16.6. The van der Waals surface area contributed by atoms with E-state index in [0.717, 1.165) is 29.7 Å². The summed E-state index contributed by atoms with van der Waals surface area (Å²) in [7, 11) is 1.64. The van der Waals surface area contributed by atoms with Gasteiger partial charge in [-0.3, -0.25) is 4.98 Å². The summed E-state index contributed by atoms with van der Waals surface area (Å²) < 4.78 is 5.21. The van der Waals surface area contributed by atoms with Crippen molar-refractivity contribution in [1.82, 2.24) is 15.6 Å². The summed E-state index contributed by atoms with van der Waals surface area (Å²) in [5.74, 6) is 0.790. The smallest absolute Gasteiger partial charge is 0.315 e. The molecule has 126 valence electrons. The molecule has 2 N–H and O–H groups in total. The number of pyridine rings is 1. The van der Waals surface area contributed by atoms with Gasteiger partial charge >= 0.3 is 6.03 Å². The van der Waals surface area contributed by atoms with E-state index < -0.39 is 0 Å². The number of amides is 2. The van der Waals surface area contributed by atoms with Gasteiger partial charge in [0.15, 0.2) is 0 Å². The fourth-order valence-electron chi connectivity index (χ4n) is 2.98. The van der Waals surface area contributed by atoms with Crippen LogP contribution in [0.25, 0.3) is 0 Å². The number of nitrogens with one attached hydrogen (secondary N) is 2. The van der Waals surface area contributed by atoms with Gasteiger partial charge in [-0.15, -0.1) is 0 Å². The maximum absolute atomic E-state index is 12.5. The summed E-state index contributed by atoms with van der Waals surface area (Å²) in [5, 5.41) is 6.19. The maximum Gasteiger partial charge on any atom is 0.315 e. The molecule has 2 aromatic rings. The molecule has 0 unspecified atom stereocenters. The second-order valence-electron chi connectivity index (χ2n) is 6.50. The zero-order chi connectivity index (χ0) is 17.0. The molecule has 0 spiro atoms. The third-order valence-corrected chi connectivity index (χ3v) is 4.64. The van der Waals surface area contributed by atoms with Gasteiger partial charge in [-0.1, -0.05) is 12.1 Å². The maximum atomic E-state index is 12.5. The fraction of sp³-hybridized carbons (Fsp3) is 0.368. The number of rotatable bonds is 5. The number of methoxy groups -OCH3 is 1. The molecule has 2 amide bonds. The largest absolute Gasteiger partial charge is 0.497 e. The van der Waals surface area contributed by atoms with Crippen LogP contribution in [0.2, 0.25) is 0 Å². The standard InChI is InChI=1S/C19H23N3O2/c1-19(10-3-11-19)22-18(23)21-17(15-8-12-20-13-9-15)14-4-6-16(24-2)7-5-14/h4-9,12-13,17H,3,10-11H2,1-2H3,(H2,21,22,23)/t17-/m1/s1. The van der Waals surface area contributed by atoms with Gasteiger partial charge in [0.25, 0.3) is 0 Å². The SMILES string of the molecule is COc1ccc([C@@H](NC(=O)NC2(C)CCC2)c2ccncc2)cc1. The van der Waals surface area contributed by atoms with E-state index in [0.29, 0.717) is 0 Å². The Hall–Kier alpha value is -2.56. The number of ether oxygens (including phenoxy) is 1. The molecule has 3 rings (SSSR count). The van der Waals surface area contributed by atoms with E-state index in [4.69, 9.17) is 4.74 Å². The Morgan fingerprint density at radius 1 is 1.12 bits per heavy atom. The predicted molar refractivity (Wildman–Crippen MR) is 93.0 cm³/mol. The average molecular weight is 325 g/mol. The van der Waals surface area contributed by atoms with E-state index in [2.05, 4.69) is 22.5 Å². The minimum Gasteiger partial charge on any atom is -0.497 e. The zero-order valence-corrected chi connectivity index (χ0v) is 14.1. The van der Waals surface area contributed by atoms with E-state index in [9.17, 15) is 4.79 Å². The first kappa shape index (κ1) is 16.3. The Bertz CT molecular complexity index is 682. The van der Waals surface area contributed by atoms with Crippen molar-refractivity contribution in [1.29, 1.82) is 0 Å². The molecule has 1 fully saturated rings. The van der Waals surface area contributed by atoms with Gasteiger partial charge in [0, 0.05) is 17.9 Å². The monoisotopic (exact) mass is 325 g/mol. The number of hydrogen-bond donors (Lipinski definition) is 2. The molecule has 1 heterocycles. The minimum atomic E-state index is -0.234. The first-order chi connectivity index (χ1) is 11.6. The Morgan fingerprint density at radius 2 is 1.75 bits per heavy atom. The van der Waals surface area contributed by atoms with Gasteiger partial charge in [-0.05, 0) is 61.6 Å². The van der Waals surface area contributed by atoms with Crippen LogP contribution in [0, 0.1) is 0 Å². The zero-order valence-electron chi connectivity index (χ0n) is 14.1. The second kappa shape index (κ2) is 6.91. The number of aromatic nitrogens is 1. The van der Waals surface area contributed by atoms with E-state index in [1.54, 1.807) is 19.5 Å². The topological polar surface area (TPSA) is 63.2 Å². The average Bonchev–Trinajstić information content (AvgIpc) is 2.59. The number of nitrogens with zero attached hydrogens (tertiary/aromatic N) is 1. The van der Waals surface area contributed by atoms with E-state index in [1.807, 2.05) is 36.4 Å². The highest BCUT2D eigenvalue weighted by molar-refractivity contribution is 5.76. The predicted octanol–water partition coefficient (Wildman–Crippen LogP) is 3.42. The van der Waals surface area contributed by atoms with Crippen molar-refractivity contribution in [3.8, 4) is 5.75 Å². The summed E-state index contributed by atoms with van der Waals surface area (Å²) in [6.45, 7) is 2.09. The van der Waals surface area contributed by atoms with Crippen molar-refractivity contribution < 1.29 is 9.53 Å². The van der Waals surface area contributed by atoms with Crippen molar-refractivity contribution in [3.05, 3.63) is 59.9 Å². The Morgan fingerprint density at radius 3 is 2.29 bits per heavy atom. The quantitative estimate of drug-likeness (QED) is 0.885. The molecule has 0 bridgehead atoms. The summed E-state index contributed by atoms with van der Waals surface area (Å²) in [4.78, 5) is 16.5. The first-order valence-corrected chi connectivity index (χ1v) is 8.22. The number of hydrogen-bond acceptors (Lipinski definition) is 3. The van der Waals surface area contributed by atoms with E-state index in [1.165, 1.54) is 6.42 Å². The third-order valence-electron chi connectivity index (χ3n) is 4.64. The second-order valence-corrected chi connectivity index (χ2v) is 6.50. The van der Waals surface area contributed by atoms with E-state index >= 15 is 0 Å². The lowest BCUT2D eigenvalue weighted by atomic mass is 9.79. The lowest BCUT2D eigenvalue weighted by Crippen LogP contribution is -2.54. The summed E-state index contributed by atoms with van der Waals surface area (Å²) in [6.07, 6.45) is 6.70. The molecule has 0 aliphatic heterocycles. The van der Waals surface area contributed by atoms with Crippen molar-refractivity contribution in [2.75, 3.05) is 7.11 Å². The van der Waals surface area contributed by atoms with Crippen LogP contribution < -0.4 is 15.4 Å². The van der Waals surface area contributed by atoms with Crippen LogP contribution in [0.3, 0.4) is 0 Å². The van der Waals surface area contributed by atoms with Crippen LogP contribution in [0.1, 0.15) is 43.4 Å². The molecule has 1 aliphatic rings. The molecule has 5 nitrogen and oxygen atoms in total. The molecule has 5 heteroatoms. The van der Waals surface area contributed by atoms with Crippen LogP contribution in [-0.4, -0.2) is 23.7 Å². The molecule has 1 saturated carbocycles. The van der Waals surface area contributed by atoms with Gasteiger partial charge in [-0.25, -0.2) is 4.79 Å². The van der Waals surface area contributed by atoms with Crippen molar-refractivity contribution >= 4 is 6.03 Å². The fourth-order valence-corrected chi connectivity index (χ4v) is 2.98. The number of benzene rings is 1. The van der Waals surface area contributed by atoms with Gasteiger partial charge in [0.2, 0.25) is 0 Å². The van der Waals surface area contributed by atoms with Crippen LogP contribution >= 0.6 is 0 Å². The Balaban J connectivity index is 1.80. The molecule has 0 saturated heterocycles. The lowest BCUT2D eigenvalue weighted by molar-refractivity contribution is 0.190. The number of carbonyl (C=O) groups is 1. The Labute approximate surface area is 142 Å². The molecular weight excluding hydrogens is 302 g/mol. The van der Waals surface area contributed by atoms with Gasteiger partial charge in [-0.2, -0.15) is 0 Å². The molecule has 1 aromatic heterocycles. The minimum absolute atomic E-state index is 0.0766. The van der Waals surface area contributed by atoms with Crippen molar-refractivity contribution in [2.45, 2.75) is 37.8 Å². The first-order valence-electron chi connectivity index (χ1n) is 8.22. The van der Waals surface area contributed by atoms with Gasteiger partial charge < -0.3 is 15.4 Å². The number of urea groups is 1. The van der Waals surface area contributed by atoms with E-state index in [-0.39, 0.29) is 17.6 Å². The van der Waals surface area contributed by atoms with Crippen LogP contribution in [0.15, 0.2) is 48.8 Å². The molecule has 1 atom stereocenters. The van der Waals surface area contributed by atoms with Gasteiger partial charge in [0.05, 0.1) is 13.2 Å². The highest BCUT2D eigenvalue weighted by Crippen LogP contribution is 2.31. The van der Waals surface area contributed by atoms with Crippen LogP contribution in [-0.2, 0) is 0 Å². The van der Waals surface area contributed by atoms with Crippen molar-refractivity contribution in [3.63, 3.8) is 0 Å². The molecule has 1 aliphatic carbocycles. The molecule has 1 aromatic carbocycles. The van der Waals surface area contributed by atoms with Crippen molar-refractivity contribution in [2.24, 2.45) is 0 Å².